The highest BCUT2D eigenvalue weighted by Gasteiger charge is 2.26. The molecule has 1 aliphatic heterocycles. The molecule has 6 heteroatoms. The average Bonchev–Trinajstić information content (AvgIpc) is 3.23. The Labute approximate surface area is 189 Å². The number of carbonyl (C=O) groups excluding carboxylic acids is 1. The second-order valence-corrected chi connectivity index (χ2v) is 9.09. The summed E-state index contributed by atoms with van der Waals surface area (Å²) >= 11 is 0. The molecule has 1 amide bonds. The van der Waals surface area contributed by atoms with E-state index in [2.05, 4.69) is 31.0 Å². The fraction of sp³-hybridized carbons (Fsp3) is 0.423. The van der Waals surface area contributed by atoms with Crippen LogP contribution in [0.15, 0.2) is 48.8 Å². The second-order valence-electron chi connectivity index (χ2n) is 9.09. The summed E-state index contributed by atoms with van der Waals surface area (Å²) in [5.74, 6) is 1.37. The molecular weight excluding hydrogens is 403 g/mol. The lowest BCUT2D eigenvalue weighted by Crippen LogP contribution is -2.41. The largest absolute Gasteiger partial charge is 0.340 e. The van der Waals surface area contributed by atoms with Gasteiger partial charge in [-0.25, -0.2) is 9.37 Å². The molecule has 3 aromatic rings. The monoisotopic (exact) mass is 434 g/mol. The van der Waals surface area contributed by atoms with E-state index in [1.807, 2.05) is 34.7 Å². The van der Waals surface area contributed by atoms with Gasteiger partial charge in [-0.15, -0.1) is 0 Å². The van der Waals surface area contributed by atoms with E-state index in [4.69, 9.17) is 4.98 Å². The summed E-state index contributed by atoms with van der Waals surface area (Å²) in [6.07, 6.45) is 6.39. The predicted molar refractivity (Wildman–Crippen MR) is 123 cm³/mol. The average molecular weight is 435 g/mol. The molecule has 2 aromatic heterocycles. The summed E-state index contributed by atoms with van der Waals surface area (Å²) in [6, 6.07) is 10.9. The molecule has 0 radical (unpaired) electrons. The van der Waals surface area contributed by atoms with Gasteiger partial charge in [-0.3, -0.25) is 9.78 Å². The third-order valence-corrected chi connectivity index (χ3v) is 6.12. The van der Waals surface area contributed by atoms with Crippen LogP contribution in [0.1, 0.15) is 66.9 Å². The number of hydrogen-bond acceptors (Lipinski definition) is 3. The van der Waals surface area contributed by atoms with Crippen molar-refractivity contribution in [1.82, 2.24) is 19.4 Å². The molecule has 0 N–H and O–H groups in total. The Morgan fingerprint density at radius 2 is 1.97 bits per heavy atom. The molecule has 0 spiro atoms. The Kier molecular flexibility index (Phi) is 6.68. The lowest BCUT2D eigenvalue weighted by Gasteiger charge is -2.33. The van der Waals surface area contributed by atoms with Crippen molar-refractivity contribution >= 4 is 5.91 Å². The first-order valence-corrected chi connectivity index (χ1v) is 11.4. The van der Waals surface area contributed by atoms with Crippen molar-refractivity contribution in [2.24, 2.45) is 0 Å². The van der Waals surface area contributed by atoms with Crippen molar-refractivity contribution in [2.45, 2.75) is 58.4 Å². The topological polar surface area (TPSA) is 51.0 Å². The van der Waals surface area contributed by atoms with Crippen LogP contribution in [0.3, 0.4) is 0 Å². The summed E-state index contributed by atoms with van der Waals surface area (Å²) in [4.78, 5) is 24.2. The van der Waals surface area contributed by atoms with Crippen LogP contribution in [-0.4, -0.2) is 38.4 Å². The Hall–Kier alpha value is -3.02. The van der Waals surface area contributed by atoms with Gasteiger partial charge < -0.3 is 9.47 Å². The number of aromatic nitrogens is 3. The number of carbonyl (C=O) groups is 1. The van der Waals surface area contributed by atoms with E-state index in [0.717, 1.165) is 48.6 Å². The predicted octanol–water partition coefficient (Wildman–Crippen LogP) is 4.85. The summed E-state index contributed by atoms with van der Waals surface area (Å²) in [7, 11) is 0. The second kappa shape index (κ2) is 9.63. The molecule has 1 aliphatic rings. The molecule has 168 valence electrons. The standard InChI is InChI=1S/C26H31FN4O/c1-18(2)26-28-10-12-31(26)17-25(32)30-11-4-5-22(16-30)24-15-21(13-19(3)29-24)14-20-6-8-23(27)9-7-20/h6-10,12-13,15,18,22H,4-5,11,14,16-17H2,1-3H3/t22-/m1/s1. The number of likely N-dealkylation sites (tertiary alicyclic amines) is 1. The van der Waals surface area contributed by atoms with Crippen LogP contribution in [-0.2, 0) is 17.8 Å². The molecule has 1 aromatic carbocycles. The number of piperidine rings is 1. The molecular formula is C26H31FN4O. The van der Waals surface area contributed by atoms with Crippen LogP contribution in [0.2, 0.25) is 0 Å². The molecule has 0 unspecified atom stereocenters. The van der Waals surface area contributed by atoms with Crippen LogP contribution in [0.5, 0.6) is 0 Å². The molecule has 1 fully saturated rings. The van der Waals surface area contributed by atoms with Crippen molar-refractivity contribution in [3.8, 4) is 0 Å². The van der Waals surface area contributed by atoms with Gasteiger partial charge in [-0.1, -0.05) is 26.0 Å². The van der Waals surface area contributed by atoms with Gasteiger partial charge in [0.15, 0.2) is 0 Å². The van der Waals surface area contributed by atoms with Gasteiger partial charge in [0.1, 0.15) is 18.2 Å². The van der Waals surface area contributed by atoms with E-state index in [9.17, 15) is 9.18 Å². The maximum absolute atomic E-state index is 13.2. The fourth-order valence-corrected chi connectivity index (χ4v) is 4.56. The summed E-state index contributed by atoms with van der Waals surface area (Å²) in [5.41, 5.74) is 4.26. The van der Waals surface area contributed by atoms with Gasteiger partial charge in [0.2, 0.25) is 5.91 Å². The molecule has 4 rings (SSSR count). The van der Waals surface area contributed by atoms with Crippen molar-refractivity contribution in [2.75, 3.05) is 13.1 Å². The first-order chi connectivity index (χ1) is 15.4. The van der Waals surface area contributed by atoms with E-state index >= 15 is 0 Å². The van der Waals surface area contributed by atoms with Gasteiger partial charge >= 0.3 is 0 Å². The third-order valence-electron chi connectivity index (χ3n) is 6.12. The molecule has 0 aliphatic carbocycles. The zero-order valence-corrected chi connectivity index (χ0v) is 19.1. The zero-order valence-electron chi connectivity index (χ0n) is 19.1. The Morgan fingerprint density at radius 3 is 2.72 bits per heavy atom. The maximum Gasteiger partial charge on any atom is 0.242 e. The SMILES string of the molecule is Cc1cc(Cc2ccc(F)cc2)cc([C@@H]2CCCN(C(=O)Cn3ccnc3C(C)C)C2)n1. The first-order valence-electron chi connectivity index (χ1n) is 11.4. The molecule has 1 saturated heterocycles. The quantitative estimate of drug-likeness (QED) is 0.558. The van der Waals surface area contributed by atoms with Crippen molar-refractivity contribution in [3.63, 3.8) is 0 Å². The number of halogens is 1. The van der Waals surface area contributed by atoms with Crippen molar-refractivity contribution in [3.05, 3.63) is 82.9 Å². The maximum atomic E-state index is 13.2. The number of aryl methyl sites for hydroxylation is 1. The number of rotatable bonds is 6. The fourth-order valence-electron chi connectivity index (χ4n) is 4.56. The van der Waals surface area contributed by atoms with Gasteiger partial charge in [0.25, 0.3) is 0 Å². The lowest BCUT2D eigenvalue weighted by atomic mass is 9.92. The molecule has 32 heavy (non-hydrogen) atoms. The molecule has 0 saturated carbocycles. The van der Waals surface area contributed by atoms with E-state index in [0.29, 0.717) is 13.1 Å². The number of hydrogen-bond donors (Lipinski definition) is 0. The molecule has 0 bridgehead atoms. The summed E-state index contributed by atoms with van der Waals surface area (Å²) in [5, 5.41) is 0. The van der Waals surface area contributed by atoms with Crippen LogP contribution < -0.4 is 0 Å². The van der Waals surface area contributed by atoms with E-state index in [1.54, 1.807) is 6.20 Å². The van der Waals surface area contributed by atoms with Gasteiger partial charge in [0, 0.05) is 48.7 Å². The van der Waals surface area contributed by atoms with Gasteiger partial charge in [-0.05, 0) is 61.6 Å². The normalized spacial score (nSPS) is 16.5. The minimum absolute atomic E-state index is 0.133. The summed E-state index contributed by atoms with van der Waals surface area (Å²) in [6.45, 7) is 8.00. The minimum Gasteiger partial charge on any atom is -0.340 e. The van der Waals surface area contributed by atoms with Crippen molar-refractivity contribution in [1.29, 1.82) is 0 Å². The minimum atomic E-state index is -0.219. The van der Waals surface area contributed by atoms with Gasteiger partial charge in [0.05, 0.1) is 0 Å². The first kappa shape index (κ1) is 22.2. The number of imidazole rings is 1. The molecule has 5 nitrogen and oxygen atoms in total. The molecule has 1 atom stereocenters. The van der Waals surface area contributed by atoms with Crippen LogP contribution in [0, 0.1) is 12.7 Å². The smallest absolute Gasteiger partial charge is 0.242 e. The van der Waals surface area contributed by atoms with Crippen molar-refractivity contribution < 1.29 is 9.18 Å². The number of nitrogens with zero attached hydrogens (tertiary/aromatic N) is 4. The van der Waals surface area contributed by atoms with Crippen LogP contribution >= 0.6 is 0 Å². The van der Waals surface area contributed by atoms with Crippen LogP contribution in [0.25, 0.3) is 0 Å². The highest BCUT2D eigenvalue weighted by atomic mass is 19.1. The number of amides is 1. The van der Waals surface area contributed by atoms with E-state index in [-0.39, 0.29) is 23.6 Å². The summed E-state index contributed by atoms with van der Waals surface area (Å²) < 4.78 is 15.2. The molecule has 3 heterocycles. The van der Waals surface area contributed by atoms with E-state index in [1.165, 1.54) is 17.7 Å². The lowest BCUT2D eigenvalue weighted by molar-refractivity contribution is -0.133. The highest BCUT2D eigenvalue weighted by Crippen LogP contribution is 2.27. The Balaban J connectivity index is 1.46. The Morgan fingerprint density at radius 1 is 1.19 bits per heavy atom. The van der Waals surface area contributed by atoms with Crippen LogP contribution in [0.4, 0.5) is 4.39 Å². The highest BCUT2D eigenvalue weighted by molar-refractivity contribution is 5.76. The number of benzene rings is 1. The van der Waals surface area contributed by atoms with E-state index < -0.39 is 0 Å². The number of pyridine rings is 1. The Bertz CT molecular complexity index is 1070. The van der Waals surface area contributed by atoms with Gasteiger partial charge in [-0.2, -0.15) is 0 Å². The zero-order chi connectivity index (χ0) is 22.7. The third kappa shape index (κ3) is 5.23.